The van der Waals surface area contributed by atoms with Crippen LogP contribution in [-0.4, -0.2) is 59.5 Å². The molecule has 0 saturated carbocycles. The molecule has 0 radical (unpaired) electrons. The average molecular weight is 454 g/mol. The monoisotopic (exact) mass is 453 g/mol. The van der Waals surface area contributed by atoms with Crippen molar-refractivity contribution in [2.24, 2.45) is 0 Å². The predicted octanol–water partition coefficient (Wildman–Crippen LogP) is 4.73. The second-order valence-corrected chi connectivity index (χ2v) is 9.24. The van der Waals surface area contributed by atoms with Crippen molar-refractivity contribution < 1.29 is 4.74 Å². The first-order valence-corrected chi connectivity index (χ1v) is 12.4. The van der Waals surface area contributed by atoms with Gasteiger partial charge in [0.2, 0.25) is 0 Å². The van der Waals surface area contributed by atoms with Gasteiger partial charge in [-0.05, 0) is 55.1 Å². The van der Waals surface area contributed by atoms with E-state index in [2.05, 4.69) is 69.9 Å². The number of pyridine rings is 1. The van der Waals surface area contributed by atoms with Crippen LogP contribution in [0.3, 0.4) is 0 Å². The van der Waals surface area contributed by atoms with Crippen molar-refractivity contribution in [2.45, 2.75) is 26.2 Å². The first-order chi connectivity index (χ1) is 16.7. The summed E-state index contributed by atoms with van der Waals surface area (Å²) >= 11 is 0. The van der Waals surface area contributed by atoms with Crippen LogP contribution < -0.4 is 9.64 Å². The summed E-state index contributed by atoms with van der Waals surface area (Å²) in [6.45, 7) is 7.77. The van der Waals surface area contributed by atoms with Gasteiger partial charge >= 0.3 is 0 Å². The van der Waals surface area contributed by atoms with Crippen LogP contribution in [0.2, 0.25) is 0 Å². The molecule has 0 amide bonds. The SMILES string of the molecule is CCN1CCN(c2ccc(-c3nn(-c4cccc5c4CCC5)c4cc(OC)cnc34)cc2)CC1. The number of piperazine rings is 1. The quantitative estimate of drug-likeness (QED) is 0.437. The third-order valence-corrected chi connectivity index (χ3v) is 7.41. The number of aryl methyl sites for hydroxylation is 1. The van der Waals surface area contributed by atoms with Gasteiger partial charge in [0.05, 0.1) is 24.5 Å². The number of hydrogen-bond acceptors (Lipinski definition) is 5. The number of anilines is 1. The summed E-state index contributed by atoms with van der Waals surface area (Å²) in [5, 5.41) is 5.12. The molecule has 1 saturated heterocycles. The number of likely N-dealkylation sites (N-methyl/N-ethyl adjacent to an activating group) is 1. The largest absolute Gasteiger partial charge is 0.495 e. The van der Waals surface area contributed by atoms with E-state index >= 15 is 0 Å². The van der Waals surface area contributed by atoms with Crippen molar-refractivity contribution in [3.8, 4) is 22.7 Å². The second-order valence-electron chi connectivity index (χ2n) is 9.24. The Labute approximate surface area is 200 Å². The minimum Gasteiger partial charge on any atom is -0.495 e. The van der Waals surface area contributed by atoms with Crippen LogP contribution in [0.1, 0.15) is 24.5 Å². The van der Waals surface area contributed by atoms with Gasteiger partial charge in [0, 0.05) is 43.5 Å². The van der Waals surface area contributed by atoms with Crippen LogP contribution in [0, 0.1) is 0 Å². The number of rotatable bonds is 5. The zero-order valence-corrected chi connectivity index (χ0v) is 20.0. The standard InChI is InChI=1S/C28H31N5O/c1-3-31-14-16-32(17-15-31)22-12-10-21(11-13-22)27-28-26(18-23(34-2)19-29-28)33(30-27)25-9-5-7-20-6-4-8-24(20)25/h5,7,9-13,18-19H,3-4,6,8,14-17H2,1-2H3. The molecule has 6 rings (SSSR count). The van der Waals surface area contributed by atoms with Gasteiger partial charge in [-0.1, -0.05) is 31.2 Å². The van der Waals surface area contributed by atoms with Crippen LogP contribution in [-0.2, 0) is 12.8 Å². The molecule has 2 aromatic heterocycles. The molecule has 3 heterocycles. The Balaban J connectivity index is 1.40. The van der Waals surface area contributed by atoms with Crippen LogP contribution in [0.4, 0.5) is 5.69 Å². The molecular weight excluding hydrogens is 422 g/mol. The maximum Gasteiger partial charge on any atom is 0.139 e. The van der Waals surface area contributed by atoms with E-state index in [1.54, 1.807) is 13.3 Å². The molecule has 0 atom stereocenters. The Hall–Kier alpha value is -3.38. The Kier molecular flexibility index (Phi) is 5.46. The van der Waals surface area contributed by atoms with E-state index in [-0.39, 0.29) is 0 Å². The van der Waals surface area contributed by atoms with Gasteiger partial charge in [0.25, 0.3) is 0 Å². The number of ether oxygens (including phenoxy) is 1. The molecule has 6 heteroatoms. The normalized spacial score (nSPS) is 16.2. The molecule has 1 aliphatic heterocycles. The maximum atomic E-state index is 5.51. The minimum absolute atomic E-state index is 0.745. The van der Waals surface area contributed by atoms with Gasteiger partial charge in [0.15, 0.2) is 0 Å². The van der Waals surface area contributed by atoms with Gasteiger partial charge in [-0.3, -0.25) is 0 Å². The number of aromatic nitrogens is 3. The average Bonchev–Trinajstić information content (AvgIpc) is 3.53. The molecule has 0 unspecified atom stereocenters. The molecule has 174 valence electrons. The Morgan fingerprint density at radius 1 is 0.971 bits per heavy atom. The zero-order valence-electron chi connectivity index (χ0n) is 20.0. The van der Waals surface area contributed by atoms with E-state index in [9.17, 15) is 0 Å². The first kappa shape index (κ1) is 21.2. The van der Waals surface area contributed by atoms with Crippen molar-refractivity contribution in [1.82, 2.24) is 19.7 Å². The highest BCUT2D eigenvalue weighted by molar-refractivity contribution is 5.92. The van der Waals surface area contributed by atoms with E-state index in [4.69, 9.17) is 14.8 Å². The second kappa shape index (κ2) is 8.76. The van der Waals surface area contributed by atoms with Crippen molar-refractivity contribution in [2.75, 3.05) is 44.7 Å². The number of methoxy groups -OCH3 is 1. The van der Waals surface area contributed by atoms with Gasteiger partial charge in [-0.25, -0.2) is 9.67 Å². The fraction of sp³-hybridized carbons (Fsp3) is 0.357. The van der Waals surface area contributed by atoms with Crippen molar-refractivity contribution in [3.05, 3.63) is 65.9 Å². The number of hydrogen-bond donors (Lipinski definition) is 0. The zero-order chi connectivity index (χ0) is 23.1. The fourth-order valence-electron chi connectivity index (χ4n) is 5.42. The Morgan fingerprint density at radius 3 is 2.56 bits per heavy atom. The van der Waals surface area contributed by atoms with Crippen LogP contribution >= 0.6 is 0 Å². The van der Waals surface area contributed by atoms with Gasteiger partial charge in [0.1, 0.15) is 17.0 Å². The summed E-state index contributed by atoms with van der Waals surface area (Å²) in [6, 6.07) is 17.5. The smallest absolute Gasteiger partial charge is 0.139 e. The summed E-state index contributed by atoms with van der Waals surface area (Å²) in [6.07, 6.45) is 5.23. The highest BCUT2D eigenvalue weighted by Crippen LogP contribution is 2.34. The number of nitrogens with zero attached hydrogens (tertiary/aromatic N) is 5. The molecule has 34 heavy (non-hydrogen) atoms. The number of fused-ring (bicyclic) bond motifs is 2. The maximum absolute atomic E-state index is 5.51. The third kappa shape index (κ3) is 3.62. The van der Waals surface area contributed by atoms with Crippen LogP contribution in [0.15, 0.2) is 54.7 Å². The van der Waals surface area contributed by atoms with Crippen molar-refractivity contribution in [3.63, 3.8) is 0 Å². The summed E-state index contributed by atoms with van der Waals surface area (Å²) < 4.78 is 7.58. The number of benzene rings is 2. The van der Waals surface area contributed by atoms with Crippen molar-refractivity contribution >= 4 is 16.7 Å². The molecule has 4 aromatic rings. The molecule has 1 fully saturated rings. The van der Waals surface area contributed by atoms with E-state index in [0.717, 1.165) is 79.3 Å². The van der Waals surface area contributed by atoms with Crippen LogP contribution in [0.5, 0.6) is 5.75 Å². The van der Waals surface area contributed by atoms with Gasteiger partial charge in [-0.15, -0.1) is 0 Å². The van der Waals surface area contributed by atoms with E-state index in [0.29, 0.717) is 0 Å². The summed E-state index contributed by atoms with van der Waals surface area (Å²) in [5.41, 5.74) is 9.16. The molecule has 2 aliphatic rings. The topological polar surface area (TPSA) is 46.4 Å². The lowest BCUT2D eigenvalue weighted by molar-refractivity contribution is 0.271. The molecule has 0 spiro atoms. The summed E-state index contributed by atoms with van der Waals surface area (Å²) in [7, 11) is 1.68. The molecule has 1 aliphatic carbocycles. The van der Waals surface area contributed by atoms with Crippen LogP contribution in [0.25, 0.3) is 28.0 Å². The Morgan fingerprint density at radius 2 is 1.79 bits per heavy atom. The molecule has 0 N–H and O–H groups in total. The summed E-state index contributed by atoms with van der Waals surface area (Å²) in [4.78, 5) is 9.75. The molecule has 6 nitrogen and oxygen atoms in total. The lowest BCUT2D eigenvalue weighted by atomic mass is 10.1. The molecule has 2 aromatic carbocycles. The van der Waals surface area contributed by atoms with Crippen molar-refractivity contribution in [1.29, 1.82) is 0 Å². The Bertz CT molecular complexity index is 1320. The highest BCUT2D eigenvalue weighted by atomic mass is 16.5. The highest BCUT2D eigenvalue weighted by Gasteiger charge is 2.21. The van der Waals surface area contributed by atoms with E-state index in [1.807, 2.05) is 0 Å². The third-order valence-electron chi connectivity index (χ3n) is 7.41. The summed E-state index contributed by atoms with van der Waals surface area (Å²) in [5.74, 6) is 0.745. The molecule has 0 bridgehead atoms. The molecular formula is C28H31N5O. The van der Waals surface area contributed by atoms with Gasteiger partial charge < -0.3 is 14.5 Å². The predicted molar refractivity (Wildman–Crippen MR) is 137 cm³/mol. The van der Waals surface area contributed by atoms with E-state index in [1.165, 1.54) is 23.2 Å². The lowest BCUT2D eigenvalue weighted by Gasteiger charge is -2.35. The van der Waals surface area contributed by atoms with E-state index < -0.39 is 0 Å². The van der Waals surface area contributed by atoms with Gasteiger partial charge in [-0.2, -0.15) is 5.10 Å². The minimum atomic E-state index is 0.745. The fourth-order valence-corrected chi connectivity index (χ4v) is 5.42. The lowest BCUT2D eigenvalue weighted by Crippen LogP contribution is -2.46. The first-order valence-electron chi connectivity index (χ1n) is 12.4.